The molecule has 0 aliphatic carbocycles. The number of hydrogen-bond acceptors (Lipinski definition) is 6. The number of aliphatic carboxylic acids is 1. The number of rotatable bonds is 10. The summed E-state index contributed by atoms with van der Waals surface area (Å²) < 4.78 is 24.0. The molecule has 2 amide bonds. The van der Waals surface area contributed by atoms with Crippen LogP contribution in [-0.2, 0) is 22.4 Å². The van der Waals surface area contributed by atoms with Gasteiger partial charge in [-0.1, -0.05) is 42.8 Å². The van der Waals surface area contributed by atoms with Crippen LogP contribution < -0.4 is 10.6 Å². The molecule has 190 valence electrons. The highest BCUT2D eigenvalue weighted by Gasteiger charge is 2.27. The van der Waals surface area contributed by atoms with Gasteiger partial charge in [0.25, 0.3) is 5.91 Å². The van der Waals surface area contributed by atoms with E-state index in [9.17, 15) is 23.9 Å². The highest BCUT2D eigenvalue weighted by atomic mass is 35.5. The number of alkyl carbamates (subject to hydrolysis) is 1. The molecule has 0 unspecified atom stereocenters. The van der Waals surface area contributed by atoms with Gasteiger partial charge in [-0.15, -0.1) is 0 Å². The number of amides is 2. The smallest absolute Gasteiger partial charge is 0.407 e. The van der Waals surface area contributed by atoms with Gasteiger partial charge in [0, 0.05) is 23.0 Å². The molecule has 11 heteroatoms. The monoisotopic (exact) mass is 517 g/mol. The predicted molar refractivity (Wildman–Crippen MR) is 129 cm³/mol. The summed E-state index contributed by atoms with van der Waals surface area (Å²) in [5.74, 6) is -1.88. The van der Waals surface area contributed by atoms with Gasteiger partial charge in [-0.3, -0.25) is 4.79 Å². The molecule has 3 aromatic rings. The molecule has 1 aromatic heterocycles. The van der Waals surface area contributed by atoms with Gasteiger partial charge in [0.05, 0.1) is 7.11 Å². The van der Waals surface area contributed by atoms with Crippen LogP contribution in [0, 0.1) is 5.82 Å². The average molecular weight is 518 g/mol. The van der Waals surface area contributed by atoms with Crippen molar-refractivity contribution in [3.8, 4) is 11.1 Å². The first kappa shape index (κ1) is 26.7. The number of carboxylic acids is 1. The van der Waals surface area contributed by atoms with Crippen LogP contribution in [0.2, 0.25) is 5.02 Å². The Morgan fingerprint density at radius 3 is 2.50 bits per heavy atom. The number of halogens is 2. The van der Waals surface area contributed by atoms with Crippen LogP contribution in [0.1, 0.15) is 35.3 Å². The Balaban J connectivity index is 1.82. The number of carboxylic acid groups (broad SMARTS) is 1. The minimum atomic E-state index is -1.33. The maximum absolute atomic E-state index is 14.2. The summed E-state index contributed by atoms with van der Waals surface area (Å²) in [6.45, 7) is 1.82. The Labute approximate surface area is 211 Å². The van der Waals surface area contributed by atoms with E-state index >= 15 is 0 Å². The van der Waals surface area contributed by atoms with E-state index in [1.54, 1.807) is 24.3 Å². The van der Waals surface area contributed by atoms with E-state index in [1.807, 2.05) is 6.92 Å². The third-order valence-electron chi connectivity index (χ3n) is 5.39. The Kier molecular flexibility index (Phi) is 9.02. The molecule has 0 bridgehead atoms. The molecule has 0 saturated carbocycles. The Hall–Kier alpha value is -3.92. The lowest BCUT2D eigenvalue weighted by molar-refractivity contribution is -0.139. The van der Waals surface area contributed by atoms with Crippen molar-refractivity contribution in [1.82, 2.24) is 15.6 Å². The summed E-state index contributed by atoms with van der Waals surface area (Å²) in [6.07, 6.45) is 0.889. The second kappa shape index (κ2) is 12.2. The molecule has 0 spiro atoms. The van der Waals surface area contributed by atoms with Crippen molar-refractivity contribution in [3.05, 3.63) is 76.7 Å². The zero-order chi connectivity index (χ0) is 26.2. The number of nitrogens with one attached hydrogen (secondary N) is 2. The molecule has 0 radical (unpaired) electrons. The molecule has 36 heavy (non-hydrogen) atoms. The highest BCUT2D eigenvalue weighted by Crippen LogP contribution is 2.26. The fourth-order valence-electron chi connectivity index (χ4n) is 3.56. The van der Waals surface area contributed by atoms with E-state index < -0.39 is 35.9 Å². The first-order chi connectivity index (χ1) is 17.2. The minimum absolute atomic E-state index is 0.0523. The van der Waals surface area contributed by atoms with Gasteiger partial charge >= 0.3 is 12.1 Å². The van der Waals surface area contributed by atoms with Crippen molar-refractivity contribution in [2.24, 2.45) is 0 Å². The number of ether oxygens (including phenoxy) is 1. The molecule has 9 nitrogen and oxygen atoms in total. The van der Waals surface area contributed by atoms with Gasteiger partial charge in [0.15, 0.2) is 11.6 Å². The Morgan fingerprint density at radius 1 is 1.17 bits per heavy atom. The number of hydrogen-bond donors (Lipinski definition) is 3. The van der Waals surface area contributed by atoms with Crippen LogP contribution in [0.4, 0.5) is 9.18 Å². The summed E-state index contributed by atoms with van der Waals surface area (Å²) in [4.78, 5) is 40.2. The van der Waals surface area contributed by atoms with Crippen molar-refractivity contribution in [3.63, 3.8) is 0 Å². The van der Waals surface area contributed by atoms with Gasteiger partial charge in [0.2, 0.25) is 0 Å². The van der Waals surface area contributed by atoms with Crippen molar-refractivity contribution in [1.29, 1.82) is 0 Å². The predicted octanol–water partition coefficient (Wildman–Crippen LogP) is 4.24. The van der Waals surface area contributed by atoms with Gasteiger partial charge in [-0.2, -0.15) is 0 Å². The van der Waals surface area contributed by atoms with E-state index in [4.69, 9.17) is 16.0 Å². The SMILES string of the molecule is CCc1nc(C(=O)N[C@H](Cc2ccc(-c3cc(Cl)ccc3F)cc2)C[C@@H](NC(=O)OC)C(=O)O)co1. The highest BCUT2D eigenvalue weighted by molar-refractivity contribution is 6.30. The van der Waals surface area contributed by atoms with Crippen molar-refractivity contribution in [2.45, 2.75) is 38.3 Å². The lowest BCUT2D eigenvalue weighted by atomic mass is 9.97. The quantitative estimate of drug-likeness (QED) is 0.366. The van der Waals surface area contributed by atoms with Crippen LogP contribution in [0.15, 0.2) is 53.1 Å². The molecular weight excluding hydrogens is 493 g/mol. The fraction of sp³-hybridized carbons (Fsp3) is 0.280. The Morgan fingerprint density at radius 2 is 1.89 bits per heavy atom. The normalized spacial score (nSPS) is 12.4. The average Bonchev–Trinajstić information content (AvgIpc) is 3.35. The summed E-state index contributed by atoms with van der Waals surface area (Å²) >= 11 is 5.99. The largest absolute Gasteiger partial charge is 0.480 e. The second-order valence-corrected chi connectivity index (χ2v) is 8.37. The second-order valence-electron chi connectivity index (χ2n) is 7.94. The van der Waals surface area contributed by atoms with Gasteiger partial charge in [-0.05, 0) is 42.2 Å². The minimum Gasteiger partial charge on any atom is -0.480 e. The molecule has 0 saturated heterocycles. The Bertz CT molecular complexity index is 1230. The van der Waals surface area contributed by atoms with Gasteiger partial charge < -0.3 is 24.9 Å². The standard InChI is InChI=1S/C25H25ClFN3O6/c1-3-22-29-21(13-36-22)23(31)28-17(12-20(24(32)33)30-25(34)35-2)10-14-4-6-15(7-5-14)18-11-16(26)8-9-19(18)27/h4-9,11,13,17,20H,3,10,12H2,1-2H3,(H,28,31)(H,30,34)(H,32,33)/t17-,20-/m1/s1. The maximum atomic E-state index is 14.2. The number of carbonyl (C=O) groups is 3. The van der Waals surface area contributed by atoms with E-state index in [0.717, 1.165) is 12.7 Å². The molecule has 0 fully saturated rings. The summed E-state index contributed by atoms with van der Waals surface area (Å²) in [7, 11) is 1.12. The first-order valence-corrected chi connectivity index (χ1v) is 11.4. The van der Waals surface area contributed by atoms with E-state index in [0.29, 0.717) is 28.5 Å². The molecule has 3 rings (SSSR count). The number of methoxy groups -OCH3 is 1. The van der Waals surface area contributed by atoms with Gasteiger partial charge in [0.1, 0.15) is 18.1 Å². The van der Waals surface area contributed by atoms with Crippen molar-refractivity contribution >= 4 is 29.6 Å². The van der Waals surface area contributed by atoms with Crippen LogP contribution in [0.25, 0.3) is 11.1 Å². The lowest BCUT2D eigenvalue weighted by Gasteiger charge is -2.23. The number of benzene rings is 2. The number of nitrogens with zero attached hydrogens (tertiary/aromatic N) is 1. The molecule has 2 atom stereocenters. The van der Waals surface area contributed by atoms with Crippen LogP contribution in [-0.4, -0.2) is 47.3 Å². The molecule has 0 aliphatic heterocycles. The molecule has 3 N–H and O–H groups in total. The molecule has 0 aliphatic rings. The number of carbonyl (C=O) groups excluding carboxylic acids is 2. The van der Waals surface area contributed by atoms with E-state index in [-0.39, 0.29) is 18.5 Å². The van der Waals surface area contributed by atoms with E-state index in [1.165, 1.54) is 24.5 Å². The van der Waals surface area contributed by atoms with Crippen LogP contribution in [0.5, 0.6) is 0 Å². The fourth-order valence-corrected chi connectivity index (χ4v) is 3.73. The maximum Gasteiger partial charge on any atom is 0.407 e. The molecular formula is C25H25ClFN3O6. The third kappa shape index (κ3) is 7.05. The zero-order valence-electron chi connectivity index (χ0n) is 19.6. The number of aryl methyl sites for hydroxylation is 1. The first-order valence-electron chi connectivity index (χ1n) is 11.1. The number of aromatic nitrogens is 1. The molecule has 1 heterocycles. The number of oxazole rings is 1. The van der Waals surface area contributed by atoms with Crippen molar-refractivity contribution in [2.75, 3.05) is 7.11 Å². The van der Waals surface area contributed by atoms with Crippen LogP contribution in [0.3, 0.4) is 0 Å². The van der Waals surface area contributed by atoms with E-state index in [2.05, 4.69) is 20.4 Å². The molecule has 2 aromatic carbocycles. The summed E-state index contributed by atoms with van der Waals surface area (Å²) in [5, 5.41) is 15.0. The van der Waals surface area contributed by atoms with Crippen LogP contribution >= 0.6 is 11.6 Å². The summed E-state index contributed by atoms with van der Waals surface area (Å²) in [6, 6.07) is 9.11. The third-order valence-corrected chi connectivity index (χ3v) is 5.63. The van der Waals surface area contributed by atoms with Crippen molar-refractivity contribution < 1.29 is 33.0 Å². The topological polar surface area (TPSA) is 131 Å². The lowest BCUT2D eigenvalue weighted by Crippen LogP contribution is -2.47. The summed E-state index contributed by atoms with van der Waals surface area (Å²) in [5.41, 5.74) is 1.73. The zero-order valence-corrected chi connectivity index (χ0v) is 20.3. The van der Waals surface area contributed by atoms with Gasteiger partial charge in [-0.25, -0.2) is 19.0 Å².